The lowest BCUT2D eigenvalue weighted by Crippen LogP contribution is -2.87. The molecule has 22 unspecified atom stereocenters. The van der Waals surface area contributed by atoms with Crippen LogP contribution in [0.5, 0.6) is 0 Å². The van der Waals surface area contributed by atoms with Crippen molar-refractivity contribution in [1.82, 2.24) is 0 Å². The van der Waals surface area contributed by atoms with E-state index in [0.717, 1.165) is 101 Å². The van der Waals surface area contributed by atoms with Gasteiger partial charge in [0.15, 0.2) is 0 Å². The van der Waals surface area contributed by atoms with Gasteiger partial charge in [-0.15, -0.1) is 0 Å². The Hall–Kier alpha value is 0. The summed E-state index contributed by atoms with van der Waals surface area (Å²) in [6.45, 7) is 75.1. The molecule has 338 valence electrons. The van der Waals surface area contributed by atoms with Gasteiger partial charge in [-0.1, -0.05) is 187 Å². The van der Waals surface area contributed by atoms with Crippen LogP contribution in [0.25, 0.3) is 0 Å². The molecule has 6 rings (SSSR count). The Morgan fingerprint density at radius 2 is 0.672 bits per heavy atom. The third-order valence-electron chi connectivity index (χ3n) is 25.6. The summed E-state index contributed by atoms with van der Waals surface area (Å²) >= 11 is 0. The molecule has 0 bridgehead atoms. The van der Waals surface area contributed by atoms with Crippen LogP contribution in [0.3, 0.4) is 0 Å². The van der Waals surface area contributed by atoms with E-state index >= 15 is 0 Å². The topological polar surface area (TPSA) is 0 Å². The maximum atomic E-state index is 3.00. The smallest absolute Gasteiger partial charge is 0.0103 e. The zero-order valence-corrected chi connectivity index (χ0v) is 44.5. The Kier molecular flexibility index (Phi) is 11.7. The van der Waals surface area contributed by atoms with Crippen molar-refractivity contribution in [3.8, 4) is 0 Å². The Morgan fingerprint density at radius 3 is 1.05 bits per heavy atom. The molecule has 0 radical (unpaired) electrons. The second kappa shape index (κ2) is 14.2. The average Bonchev–Trinajstić information content (AvgIpc) is 3.37. The molecule has 0 aromatic rings. The minimum atomic E-state index is 0.154. The zero-order chi connectivity index (χ0) is 44.5. The highest BCUT2D eigenvalue weighted by Crippen LogP contribution is 2.95. The lowest BCUT2D eigenvalue weighted by molar-refractivity contribution is -0.435. The summed E-state index contributed by atoms with van der Waals surface area (Å²) in [7, 11) is 0. The quantitative estimate of drug-likeness (QED) is 0.261. The van der Waals surface area contributed by atoms with Gasteiger partial charge in [0.2, 0.25) is 0 Å². The lowest BCUT2D eigenvalue weighted by Gasteiger charge is -2.90. The predicted molar refractivity (Wildman–Crippen MR) is 255 cm³/mol. The van der Waals surface area contributed by atoms with Crippen LogP contribution in [-0.4, -0.2) is 0 Å². The van der Waals surface area contributed by atoms with Crippen LogP contribution in [0.15, 0.2) is 0 Å². The minimum absolute atomic E-state index is 0.154. The van der Waals surface area contributed by atoms with Crippen LogP contribution in [0.1, 0.15) is 193 Å². The van der Waals surface area contributed by atoms with Gasteiger partial charge in [-0.3, -0.25) is 0 Å². The number of hydrogen-bond donors (Lipinski definition) is 0. The first-order valence-corrected chi connectivity index (χ1v) is 26.2. The highest BCUT2D eigenvalue weighted by molar-refractivity contribution is 5.38. The summed E-state index contributed by atoms with van der Waals surface area (Å²) in [6.07, 6.45) is 1.45. The van der Waals surface area contributed by atoms with Gasteiger partial charge < -0.3 is 0 Å². The molecule has 0 saturated heterocycles. The van der Waals surface area contributed by atoms with Gasteiger partial charge in [0.1, 0.15) is 0 Å². The van der Waals surface area contributed by atoms with E-state index in [9.17, 15) is 0 Å². The van der Waals surface area contributed by atoms with E-state index in [1.807, 2.05) is 0 Å². The highest BCUT2D eigenvalue weighted by Gasteiger charge is 2.91. The maximum absolute atomic E-state index is 3.00. The third-order valence-corrected chi connectivity index (χ3v) is 25.6. The molecule has 1 spiro atoms. The molecular weight excluding hydrogens is 697 g/mol. The molecule has 0 nitrogen and oxygen atoms in total. The SMILES string of the molecule is CC1CC2(C3(C4C(C)C(C)C(C)C(C)C4C)C4C(C)C(C)C(C)C(C)C4C34C(C)C(C)C(C)C(C)C4C)C(C(C)C1C)C(C(C)(C)C)C(C(C)(C)C)(C(C)(C)C)C2C. The fourth-order valence-electron chi connectivity index (χ4n) is 22.7. The monoisotopic (exact) mass is 803 g/mol. The van der Waals surface area contributed by atoms with Gasteiger partial charge in [0, 0.05) is 0 Å². The molecule has 6 saturated carbocycles. The van der Waals surface area contributed by atoms with E-state index in [1.165, 1.54) is 6.42 Å². The molecular formula is C58H106. The number of rotatable bonds is 2. The van der Waals surface area contributed by atoms with E-state index in [4.69, 9.17) is 0 Å². The Labute approximate surface area is 366 Å². The fourth-order valence-corrected chi connectivity index (χ4v) is 22.7. The summed E-state index contributed by atoms with van der Waals surface area (Å²) in [5, 5.41) is 0. The van der Waals surface area contributed by atoms with E-state index < -0.39 is 0 Å². The molecule has 0 heterocycles. The van der Waals surface area contributed by atoms with E-state index in [2.05, 4.69) is 187 Å². The first kappa shape index (κ1) is 47.5. The Bertz CT molecular complexity index is 1450. The van der Waals surface area contributed by atoms with Gasteiger partial charge in [-0.25, -0.2) is 0 Å². The lowest BCUT2D eigenvalue weighted by atomic mass is 9.14. The van der Waals surface area contributed by atoms with Crippen molar-refractivity contribution >= 4 is 0 Å². The van der Waals surface area contributed by atoms with Crippen molar-refractivity contribution in [1.29, 1.82) is 0 Å². The van der Waals surface area contributed by atoms with Crippen molar-refractivity contribution in [3.63, 3.8) is 0 Å². The van der Waals surface area contributed by atoms with Gasteiger partial charge in [0.05, 0.1) is 0 Å². The highest BCUT2D eigenvalue weighted by atomic mass is 15.0. The van der Waals surface area contributed by atoms with Crippen molar-refractivity contribution < 1.29 is 0 Å². The van der Waals surface area contributed by atoms with E-state index in [1.54, 1.807) is 0 Å². The largest absolute Gasteiger partial charge is 0.0622 e. The van der Waals surface area contributed by atoms with Crippen LogP contribution in [-0.2, 0) is 0 Å². The van der Waals surface area contributed by atoms with Crippen molar-refractivity contribution in [2.75, 3.05) is 0 Å². The number of fused-ring (bicyclic) bond motifs is 3. The second-order valence-corrected chi connectivity index (χ2v) is 28.7. The van der Waals surface area contributed by atoms with E-state index in [-0.39, 0.29) is 32.5 Å². The van der Waals surface area contributed by atoms with Gasteiger partial charge in [-0.2, -0.15) is 0 Å². The predicted octanol–water partition coefficient (Wildman–Crippen LogP) is 17.1. The summed E-state index contributed by atoms with van der Waals surface area (Å²) in [4.78, 5) is 0. The first-order chi connectivity index (χ1) is 26.2. The molecule has 58 heavy (non-hydrogen) atoms. The summed E-state index contributed by atoms with van der Waals surface area (Å²) in [5.41, 5.74) is 1.47. The van der Waals surface area contributed by atoms with Crippen LogP contribution >= 0.6 is 0 Å². The summed E-state index contributed by atoms with van der Waals surface area (Å²) < 4.78 is 0. The van der Waals surface area contributed by atoms with Gasteiger partial charge >= 0.3 is 0 Å². The molecule has 0 aromatic heterocycles. The maximum Gasteiger partial charge on any atom is -0.0103 e. The van der Waals surface area contributed by atoms with Crippen LogP contribution in [0.2, 0.25) is 0 Å². The van der Waals surface area contributed by atoms with Crippen molar-refractivity contribution in [2.45, 2.75) is 193 Å². The number of hydrogen-bond acceptors (Lipinski definition) is 0. The minimum Gasteiger partial charge on any atom is -0.0622 e. The summed E-state index contributed by atoms with van der Waals surface area (Å²) in [5.74, 6) is 16.9. The Morgan fingerprint density at radius 1 is 0.345 bits per heavy atom. The fraction of sp³-hybridized carbons (Fsp3) is 1.00. The molecule has 22 atom stereocenters. The Balaban J connectivity index is 1.96. The van der Waals surface area contributed by atoms with Gasteiger partial charge in [0.25, 0.3) is 0 Å². The molecule has 0 N–H and O–H groups in total. The molecule has 6 aliphatic carbocycles. The molecule has 0 aromatic carbocycles. The molecule has 6 aliphatic rings. The van der Waals surface area contributed by atoms with Crippen LogP contribution in [0, 0.1) is 174 Å². The van der Waals surface area contributed by atoms with Crippen LogP contribution < -0.4 is 0 Å². The van der Waals surface area contributed by atoms with Gasteiger partial charge in [-0.05, 0) is 180 Å². The second-order valence-electron chi connectivity index (χ2n) is 28.7. The molecule has 6 fully saturated rings. The van der Waals surface area contributed by atoms with Crippen LogP contribution in [0.4, 0.5) is 0 Å². The van der Waals surface area contributed by atoms with E-state index in [0.29, 0.717) is 40.9 Å². The molecule has 0 amide bonds. The standard InChI is InChI=1S/C58H106/c1-29-28-55(46(18)57(53(22,23)24,54(25,26)27)51(52(19,20)21)50(55)39(11)30(29)2)58(47-40(12)32(4)31(3)33(5)41(47)13)49-43(15)35(7)34(6)42(14)48(49)56(58)44(16)37(9)36(8)38(10)45(56)17/h29-51H,28H2,1-27H3. The molecule has 0 heteroatoms. The normalized spacial score (nSPS) is 58.7. The first-order valence-electron chi connectivity index (χ1n) is 26.2. The van der Waals surface area contributed by atoms with Crippen molar-refractivity contribution in [3.05, 3.63) is 0 Å². The zero-order valence-electron chi connectivity index (χ0n) is 44.5. The average molecular weight is 803 g/mol. The third kappa shape index (κ3) is 5.17. The molecule has 0 aliphatic heterocycles. The van der Waals surface area contributed by atoms with Crippen molar-refractivity contribution in [2.24, 2.45) is 174 Å². The summed E-state index contributed by atoms with van der Waals surface area (Å²) in [6, 6.07) is 0.